The molecular weight excluding hydrogens is 252 g/mol. The number of nitrogens with zero attached hydrogens (tertiary/aromatic N) is 1. The third-order valence-corrected chi connectivity index (χ3v) is 4.23. The molecule has 1 aromatic rings. The van der Waals surface area contributed by atoms with Crippen LogP contribution in [0.1, 0.15) is 25.3 Å². The third-order valence-electron chi connectivity index (χ3n) is 4.23. The Bertz CT molecular complexity index is 427. The second-order valence-corrected chi connectivity index (χ2v) is 5.31. The normalized spacial score (nSPS) is 17.7. The van der Waals surface area contributed by atoms with Crippen molar-refractivity contribution in [3.63, 3.8) is 0 Å². The van der Waals surface area contributed by atoms with Crippen LogP contribution >= 0.6 is 0 Å². The molecule has 1 aliphatic heterocycles. The average molecular weight is 276 g/mol. The van der Waals surface area contributed by atoms with Gasteiger partial charge < -0.3 is 15.3 Å². The predicted molar refractivity (Wildman–Crippen MR) is 79.6 cm³/mol. The first kappa shape index (κ1) is 15.0. The lowest BCUT2D eigenvalue weighted by Crippen LogP contribution is -2.52. The molecule has 0 aliphatic carbocycles. The fourth-order valence-corrected chi connectivity index (χ4v) is 3.06. The van der Waals surface area contributed by atoms with Crippen molar-refractivity contribution in [2.75, 3.05) is 32.8 Å². The maximum absolute atomic E-state index is 13.0. The van der Waals surface area contributed by atoms with E-state index in [0.29, 0.717) is 13.1 Å². The molecule has 1 heterocycles. The van der Waals surface area contributed by atoms with E-state index in [1.165, 1.54) is 0 Å². The van der Waals surface area contributed by atoms with Gasteiger partial charge in [0.25, 0.3) is 0 Å². The summed E-state index contributed by atoms with van der Waals surface area (Å²) in [5.74, 6) is 0.154. The number of carbonyl (C=O) groups is 1. The number of piperidine rings is 1. The number of aliphatic hydroxyl groups excluding tert-OH is 1. The third kappa shape index (κ3) is 2.86. The van der Waals surface area contributed by atoms with E-state index < -0.39 is 5.41 Å². The molecular formula is C16H24N2O2. The van der Waals surface area contributed by atoms with Gasteiger partial charge in [-0.15, -0.1) is 0 Å². The number of likely N-dealkylation sites (N-methyl/N-ethyl adjacent to an activating group) is 1. The molecule has 110 valence electrons. The molecule has 0 radical (unpaired) electrons. The van der Waals surface area contributed by atoms with Crippen molar-refractivity contribution in [3.8, 4) is 0 Å². The number of amides is 1. The number of hydrogen-bond acceptors (Lipinski definition) is 3. The van der Waals surface area contributed by atoms with E-state index in [-0.39, 0.29) is 12.5 Å². The first-order valence-corrected chi connectivity index (χ1v) is 7.41. The lowest BCUT2D eigenvalue weighted by Gasteiger charge is -2.40. The Labute approximate surface area is 120 Å². The van der Waals surface area contributed by atoms with Crippen molar-refractivity contribution in [2.45, 2.75) is 25.2 Å². The van der Waals surface area contributed by atoms with Crippen molar-refractivity contribution in [3.05, 3.63) is 35.9 Å². The molecule has 4 heteroatoms. The highest BCUT2D eigenvalue weighted by Crippen LogP contribution is 2.35. The Balaban J connectivity index is 2.34. The summed E-state index contributed by atoms with van der Waals surface area (Å²) in [6.07, 6.45) is 1.63. The molecule has 1 fully saturated rings. The molecule has 1 saturated heterocycles. The van der Waals surface area contributed by atoms with Gasteiger partial charge in [0, 0.05) is 13.1 Å². The molecule has 0 aromatic heterocycles. The highest BCUT2D eigenvalue weighted by Gasteiger charge is 2.42. The second-order valence-electron chi connectivity index (χ2n) is 5.31. The molecule has 1 amide bonds. The Morgan fingerprint density at radius 3 is 2.50 bits per heavy atom. The molecule has 0 bridgehead atoms. The molecule has 0 unspecified atom stereocenters. The highest BCUT2D eigenvalue weighted by atomic mass is 16.3. The van der Waals surface area contributed by atoms with Gasteiger partial charge in [-0.3, -0.25) is 4.79 Å². The topological polar surface area (TPSA) is 52.6 Å². The number of benzene rings is 1. The van der Waals surface area contributed by atoms with Crippen LogP contribution in [-0.2, 0) is 10.2 Å². The molecule has 20 heavy (non-hydrogen) atoms. The molecule has 2 N–H and O–H groups in total. The first-order valence-electron chi connectivity index (χ1n) is 7.41. The summed E-state index contributed by atoms with van der Waals surface area (Å²) >= 11 is 0. The van der Waals surface area contributed by atoms with E-state index >= 15 is 0 Å². The number of carbonyl (C=O) groups excluding carboxylic acids is 1. The lowest BCUT2D eigenvalue weighted by molar-refractivity contribution is -0.139. The summed E-state index contributed by atoms with van der Waals surface area (Å²) in [4.78, 5) is 14.8. The molecule has 0 spiro atoms. The Hall–Kier alpha value is -1.39. The summed E-state index contributed by atoms with van der Waals surface area (Å²) in [6, 6.07) is 10.1. The standard InChI is InChI=1S/C16H24N2O2/c1-2-18(12-13-19)15(20)16(8-10-17-11-9-16)14-6-4-3-5-7-14/h3-7,17,19H,2,8-13H2,1H3. The zero-order valence-corrected chi connectivity index (χ0v) is 12.1. The minimum atomic E-state index is -0.433. The number of nitrogens with one attached hydrogen (secondary N) is 1. The first-order chi connectivity index (χ1) is 9.74. The summed E-state index contributed by atoms with van der Waals surface area (Å²) < 4.78 is 0. The number of aliphatic hydroxyl groups is 1. The van der Waals surface area contributed by atoms with Gasteiger partial charge in [0.15, 0.2) is 0 Å². The van der Waals surface area contributed by atoms with E-state index in [0.717, 1.165) is 31.5 Å². The monoisotopic (exact) mass is 276 g/mol. The zero-order chi connectivity index (χ0) is 14.4. The summed E-state index contributed by atoms with van der Waals surface area (Å²) in [5, 5.41) is 12.5. The second kappa shape index (κ2) is 6.86. The van der Waals surface area contributed by atoms with Crippen LogP contribution in [0, 0.1) is 0 Å². The smallest absolute Gasteiger partial charge is 0.233 e. The molecule has 2 rings (SSSR count). The Kier molecular flexibility index (Phi) is 5.15. The maximum Gasteiger partial charge on any atom is 0.233 e. The van der Waals surface area contributed by atoms with Crippen LogP contribution in [0.4, 0.5) is 0 Å². The predicted octanol–water partition coefficient (Wildman–Crippen LogP) is 1.15. The fourth-order valence-electron chi connectivity index (χ4n) is 3.06. The number of hydrogen-bond donors (Lipinski definition) is 2. The van der Waals surface area contributed by atoms with Crippen LogP contribution in [0.5, 0.6) is 0 Å². The van der Waals surface area contributed by atoms with Gasteiger partial charge in [-0.25, -0.2) is 0 Å². The van der Waals surface area contributed by atoms with Crippen LogP contribution in [0.3, 0.4) is 0 Å². The largest absolute Gasteiger partial charge is 0.395 e. The van der Waals surface area contributed by atoms with Crippen LogP contribution in [0.25, 0.3) is 0 Å². The quantitative estimate of drug-likeness (QED) is 0.848. The lowest BCUT2D eigenvalue weighted by atomic mass is 9.72. The van der Waals surface area contributed by atoms with Gasteiger partial charge in [-0.05, 0) is 38.4 Å². The van der Waals surface area contributed by atoms with E-state index in [1.54, 1.807) is 4.90 Å². The van der Waals surface area contributed by atoms with E-state index in [9.17, 15) is 4.79 Å². The maximum atomic E-state index is 13.0. The molecule has 0 atom stereocenters. The number of rotatable bonds is 5. The summed E-state index contributed by atoms with van der Waals surface area (Å²) in [5.41, 5.74) is 0.667. The Morgan fingerprint density at radius 1 is 1.30 bits per heavy atom. The van der Waals surface area contributed by atoms with Gasteiger partial charge in [-0.2, -0.15) is 0 Å². The van der Waals surface area contributed by atoms with Crippen molar-refractivity contribution in [1.82, 2.24) is 10.2 Å². The van der Waals surface area contributed by atoms with Crippen molar-refractivity contribution >= 4 is 5.91 Å². The van der Waals surface area contributed by atoms with Crippen molar-refractivity contribution < 1.29 is 9.90 Å². The molecule has 1 aromatic carbocycles. The van der Waals surface area contributed by atoms with Crippen LogP contribution in [-0.4, -0.2) is 48.7 Å². The minimum Gasteiger partial charge on any atom is -0.395 e. The van der Waals surface area contributed by atoms with Crippen LogP contribution in [0.2, 0.25) is 0 Å². The van der Waals surface area contributed by atoms with Crippen molar-refractivity contribution in [1.29, 1.82) is 0 Å². The van der Waals surface area contributed by atoms with Crippen LogP contribution < -0.4 is 5.32 Å². The van der Waals surface area contributed by atoms with Gasteiger partial charge >= 0.3 is 0 Å². The zero-order valence-electron chi connectivity index (χ0n) is 12.1. The van der Waals surface area contributed by atoms with E-state index in [4.69, 9.17) is 5.11 Å². The molecule has 4 nitrogen and oxygen atoms in total. The summed E-state index contributed by atoms with van der Waals surface area (Å²) in [6.45, 7) is 4.75. The highest BCUT2D eigenvalue weighted by molar-refractivity contribution is 5.88. The fraction of sp³-hybridized carbons (Fsp3) is 0.562. The van der Waals surface area contributed by atoms with Crippen molar-refractivity contribution in [2.24, 2.45) is 0 Å². The van der Waals surface area contributed by atoms with Gasteiger partial charge in [-0.1, -0.05) is 30.3 Å². The van der Waals surface area contributed by atoms with E-state index in [1.807, 2.05) is 25.1 Å². The van der Waals surface area contributed by atoms with Crippen LogP contribution in [0.15, 0.2) is 30.3 Å². The van der Waals surface area contributed by atoms with E-state index in [2.05, 4.69) is 17.4 Å². The summed E-state index contributed by atoms with van der Waals surface area (Å²) in [7, 11) is 0. The molecule has 1 aliphatic rings. The van der Waals surface area contributed by atoms with Gasteiger partial charge in [0.05, 0.1) is 12.0 Å². The molecule has 0 saturated carbocycles. The van der Waals surface area contributed by atoms with Gasteiger partial charge in [0.2, 0.25) is 5.91 Å². The SMILES string of the molecule is CCN(CCO)C(=O)C1(c2ccccc2)CCNCC1. The average Bonchev–Trinajstić information content (AvgIpc) is 2.53. The Morgan fingerprint density at radius 2 is 1.95 bits per heavy atom. The minimum absolute atomic E-state index is 0.0166. The van der Waals surface area contributed by atoms with Gasteiger partial charge in [0.1, 0.15) is 0 Å².